The van der Waals surface area contributed by atoms with E-state index in [0.717, 1.165) is 29.6 Å². The standard InChI is InChI=1S/C20H18Cl3F3N4/c21-10-16-18-12(13-9-11(22)1-3-15(13)28-18)5-7-30(16)8-6-27-17-4-2-14(23)19(29-17)20(24,25)26/h1-4,9,16,28H,5-8,10H2,(H,27,29). The number of rotatable bonds is 5. The van der Waals surface area contributed by atoms with Crippen molar-refractivity contribution in [2.24, 2.45) is 0 Å². The number of aromatic amines is 1. The van der Waals surface area contributed by atoms with Crippen LogP contribution < -0.4 is 5.32 Å². The van der Waals surface area contributed by atoms with Gasteiger partial charge in [-0.15, -0.1) is 11.6 Å². The molecule has 0 spiro atoms. The van der Waals surface area contributed by atoms with Gasteiger partial charge in [0.15, 0.2) is 5.69 Å². The molecule has 0 radical (unpaired) electrons. The van der Waals surface area contributed by atoms with E-state index in [1.807, 2.05) is 18.2 Å². The van der Waals surface area contributed by atoms with Gasteiger partial charge in [-0.1, -0.05) is 23.2 Å². The van der Waals surface area contributed by atoms with Crippen LogP contribution >= 0.6 is 34.8 Å². The lowest BCUT2D eigenvalue weighted by atomic mass is 9.98. The summed E-state index contributed by atoms with van der Waals surface area (Å²) >= 11 is 18.1. The number of fused-ring (bicyclic) bond motifs is 3. The Balaban J connectivity index is 1.47. The number of aromatic nitrogens is 2. The predicted octanol–water partition coefficient (Wildman–Crippen LogP) is 6.14. The molecular formula is C20H18Cl3F3N4. The molecule has 2 aromatic heterocycles. The third-order valence-electron chi connectivity index (χ3n) is 5.29. The number of pyridine rings is 1. The van der Waals surface area contributed by atoms with Gasteiger partial charge in [0.25, 0.3) is 0 Å². The van der Waals surface area contributed by atoms with Crippen LogP contribution in [0.5, 0.6) is 0 Å². The van der Waals surface area contributed by atoms with E-state index in [0.29, 0.717) is 24.0 Å². The molecule has 10 heteroatoms. The van der Waals surface area contributed by atoms with Crippen molar-refractivity contribution in [3.8, 4) is 0 Å². The van der Waals surface area contributed by atoms with Crippen LogP contribution in [0.25, 0.3) is 10.9 Å². The van der Waals surface area contributed by atoms with E-state index in [-0.39, 0.29) is 11.9 Å². The first-order chi connectivity index (χ1) is 14.3. The number of anilines is 1. The monoisotopic (exact) mass is 476 g/mol. The van der Waals surface area contributed by atoms with E-state index in [9.17, 15) is 13.2 Å². The largest absolute Gasteiger partial charge is 0.434 e. The van der Waals surface area contributed by atoms with E-state index in [1.165, 1.54) is 17.7 Å². The van der Waals surface area contributed by atoms with Crippen molar-refractivity contribution in [1.82, 2.24) is 14.9 Å². The molecule has 30 heavy (non-hydrogen) atoms. The van der Waals surface area contributed by atoms with Crippen LogP contribution in [0.3, 0.4) is 0 Å². The summed E-state index contributed by atoms with van der Waals surface area (Å²) in [6.45, 7) is 1.80. The lowest BCUT2D eigenvalue weighted by molar-refractivity contribution is -0.141. The van der Waals surface area contributed by atoms with E-state index >= 15 is 0 Å². The third-order valence-corrected chi connectivity index (χ3v) is 6.12. The zero-order valence-corrected chi connectivity index (χ0v) is 17.9. The zero-order chi connectivity index (χ0) is 21.5. The molecule has 0 fully saturated rings. The molecule has 0 saturated carbocycles. The Morgan fingerprint density at radius 1 is 1.20 bits per heavy atom. The molecule has 1 atom stereocenters. The third kappa shape index (κ3) is 4.21. The fourth-order valence-electron chi connectivity index (χ4n) is 3.90. The van der Waals surface area contributed by atoms with Gasteiger partial charge < -0.3 is 10.3 Å². The summed E-state index contributed by atoms with van der Waals surface area (Å²) in [6, 6.07) is 8.37. The van der Waals surface area contributed by atoms with E-state index in [4.69, 9.17) is 34.8 Å². The van der Waals surface area contributed by atoms with Crippen LogP contribution in [0.4, 0.5) is 19.0 Å². The highest BCUT2D eigenvalue weighted by atomic mass is 35.5. The highest BCUT2D eigenvalue weighted by molar-refractivity contribution is 6.31. The van der Waals surface area contributed by atoms with Crippen molar-refractivity contribution >= 4 is 51.5 Å². The van der Waals surface area contributed by atoms with Gasteiger partial charge in [0.2, 0.25) is 0 Å². The van der Waals surface area contributed by atoms with Crippen LogP contribution in [0.1, 0.15) is 23.0 Å². The van der Waals surface area contributed by atoms with Crippen molar-refractivity contribution in [3.05, 3.63) is 57.3 Å². The molecular weight excluding hydrogens is 460 g/mol. The number of nitrogens with one attached hydrogen (secondary N) is 2. The summed E-state index contributed by atoms with van der Waals surface area (Å²) < 4.78 is 38.9. The van der Waals surface area contributed by atoms with Gasteiger partial charge >= 0.3 is 6.18 Å². The molecule has 0 saturated heterocycles. The van der Waals surface area contributed by atoms with E-state index < -0.39 is 16.9 Å². The average Bonchev–Trinajstić information content (AvgIpc) is 3.06. The average molecular weight is 478 g/mol. The maximum Gasteiger partial charge on any atom is 0.434 e. The van der Waals surface area contributed by atoms with E-state index in [2.05, 4.69) is 20.2 Å². The Hall–Kier alpha value is -1.67. The number of H-pyrrole nitrogens is 1. The molecule has 4 rings (SSSR count). The first-order valence-corrected chi connectivity index (χ1v) is 10.6. The van der Waals surface area contributed by atoms with Gasteiger partial charge in [-0.2, -0.15) is 13.2 Å². The molecule has 2 N–H and O–H groups in total. The molecule has 1 aromatic carbocycles. The van der Waals surface area contributed by atoms with Gasteiger partial charge in [0.1, 0.15) is 5.82 Å². The highest BCUT2D eigenvalue weighted by Gasteiger charge is 2.35. The maximum absolute atomic E-state index is 13.0. The minimum absolute atomic E-state index is 0.0210. The summed E-state index contributed by atoms with van der Waals surface area (Å²) in [5.41, 5.74) is 2.21. The normalized spacial score (nSPS) is 17.3. The molecule has 160 valence electrons. The molecule has 1 aliphatic rings. The Kier molecular flexibility index (Phi) is 6.08. The molecule has 0 amide bonds. The second-order valence-corrected chi connectivity index (χ2v) is 8.27. The first kappa shape index (κ1) is 21.6. The highest BCUT2D eigenvalue weighted by Crippen LogP contribution is 2.36. The van der Waals surface area contributed by atoms with Crippen LogP contribution in [-0.2, 0) is 12.6 Å². The minimum Gasteiger partial charge on any atom is -0.369 e. The molecule has 0 bridgehead atoms. The summed E-state index contributed by atoms with van der Waals surface area (Å²) in [6.07, 6.45) is -3.76. The van der Waals surface area contributed by atoms with Crippen LogP contribution in [0.15, 0.2) is 30.3 Å². The number of hydrogen-bond donors (Lipinski definition) is 2. The van der Waals surface area contributed by atoms with E-state index in [1.54, 1.807) is 0 Å². The van der Waals surface area contributed by atoms with Crippen molar-refractivity contribution in [2.45, 2.75) is 18.6 Å². The molecule has 1 unspecified atom stereocenters. The number of benzene rings is 1. The summed E-state index contributed by atoms with van der Waals surface area (Å²) in [4.78, 5) is 9.27. The van der Waals surface area contributed by atoms with Crippen molar-refractivity contribution < 1.29 is 13.2 Å². The minimum atomic E-state index is -4.60. The summed E-state index contributed by atoms with van der Waals surface area (Å²) in [5, 5.41) is 4.33. The quantitative estimate of drug-likeness (QED) is 0.434. The van der Waals surface area contributed by atoms with Crippen molar-refractivity contribution in [3.63, 3.8) is 0 Å². The Morgan fingerprint density at radius 2 is 2.00 bits per heavy atom. The topological polar surface area (TPSA) is 44.0 Å². The molecule has 3 heterocycles. The molecule has 1 aliphatic heterocycles. The molecule has 3 aromatic rings. The Bertz CT molecular complexity index is 1070. The number of halogens is 6. The SMILES string of the molecule is FC(F)(F)c1nc(NCCN2CCc3c([nH]c4ccc(Cl)cc34)C2CCl)ccc1Cl. The fraction of sp³-hybridized carbons (Fsp3) is 0.350. The molecule has 0 aliphatic carbocycles. The zero-order valence-electron chi connectivity index (χ0n) is 15.7. The molecule has 4 nitrogen and oxygen atoms in total. The number of nitrogens with zero attached hydrogens (tertiary/aromatic N) is 2. The maximum atomic E-state index is 13.0. The summed E-state index contributed by atoms with van der Waals surface area (Å²) in [5.74, 6) is 0.525. The van der Waals surface area contributed by atoms with Gasteiger partial charge in [-0.05, 0) is 42.3 Å². The second kappa shape index (κ2) is 8.46. The lowest BCUT2D eigenvalue weighted by Crippen LogP contribution is -2.39. The summed E-state index contributed by atoms with van der Waals surface area (Å²) in [7, 11) is 0. The van der Waals surface area contributed by atoms with Crippen molar-refractivity contribution in [1.29, 1.82) is 0 Å². The Morgan fingerprint density at radius 3 is 2.73 bits per heavy atom. The second-order valence-electron chi connectivity index (χ2n) is 7.11. The van der Waals surface area contributed by atoms with Gasteiger partial charge in [0, 0.05) is 47.1 Å². The smallest absolute Gasteiger partial charge is 0.369 e. The van der Waals surface area contributed by atoms with Gasteiger partial charge in [-0.3, -0.25) is 4.90 Å². The lowest BCUT2D eigenvalue weighted by Gasteiger charge is -2.34. The first-order valence-electron chi connectivity index (χ1n) is 9.35. The van der Waals surface area contributed by atoms with Crippen LogP contribution in [-0.4, -0.2) is 40.4 Å². The van der Waals surface area contributed by atoms with Gasteiger partial charge in [-0.25, -0.2) is 4.98 Å². The van der Waals surface area contributed by atoms with Crippen LogP contribution in [0.2, 0.25) is 10.0 Å². The van der Waals surface area contributed by atoms with Crippen LogP contribution in [0, 0.1) is 0 Å². The predicted molar refractivity (Wildman–Crippen MR) is 115 cm³/mol. The number of alkyl halides is 4. The Labute approximate surface area is 186 Å². The fourth-order valence-corrected chi connectivity index (χ4v) is 4.63. The van der Waals surface area contributed by atoms with Gasteiger partial charge in [0.05, 0.1) is 11.1 Å². The van der Waals surface area contributed by atoms with Crippen molar-refractivity contribution in [2.75, 3.05) is 30.8 Å². The number of hydrogen-bond acceptors (Lipinski definition) is 3.